The SMILES string of the molecule is CCN(c1ccccc1)c1ccc(NC(=O)C2CC(=O)N(c3cc(C)ccc3C)C2)cc1. The molecule has 2 amide bonds. The summed E-state index contributed by atoms with van der Waals surface area (Å²) >= 11 is 0. The Morgan fingerprint density at radius 3 is 2.38 bits per heavy atom. The van der Waals surface area contributed by atoms with Gasteiger partial charge in [-0.15, -0.1) is 0 Å². The van der Waals surface area contributed by atoms with Crippen molar-refractivity contribution in [2.45, 2.75) is 27.2 Å². The van der Waals surface area contributed by atoms with Crippen LogP contribution in [-0.4, -0.2) is 24.9 Å². The molecule has 1 heterocycles. The summed E-state index contributed by atoms with van der Waals surface area (Å²) in [5, 5.41) is 2.99. The van der Waals surface area contributed by atoms with Gasteiger partial charge in [-0.1, -0.05) is 30.3 Å². The Bertz CT molecular complexity index is 1110. The smallest absolute Gasteiger partial charge is 0.229 e. The molecule has 1 atom stereocenters. The van der Waals surface area contributed by atoms with Gasteiger partial charge in [0.15, 0.2) is 0 Å². The summed E-state index contributed by atoms with van der Waals surface area (Å²) in [6.45, 7) is 7.36. The molecule has 3 aromatic rings. The molecule has 0 saturated carbocycles. The number of hydrogen-bond acceptors (Lipinski definition) is 3. The number of nitrogens with zero attached hydrogens (tertiary/aromatic N) is 2. The number of amides is 2. The lowest BCUT2D eigenvalue weighted by molar-refractivity contribution is -0.122. The summed E-state index contributed by atoms with van der Waals surface area (Å²) in [6.07, 6.45) is 0.231. The number of carbonyl (C=O) groups is 2. The fraction of sp³-hybridized carbons (Fsp3) is 0.259. The maximum Gasteiger partial charge on any atom is 0.229 e. The van der Waals surface area contributed by atoms with Gasteiger partial charge in [0.1, 0.15) is 0 Å². The summed E-state index contributed by atoms with van der Waals surface area (Å²) in [5.74, 6) is -0.483. The van der Waals surface area contributed by atoms with Gasteiger partial charge in [-0.25, -0.2) is 0 Å². The number of aryl methyl sites for hydroxylation is 2. The van der Waals surface area contributed by atoms with Gasteiger partial charge < -0.3 is 15.1 Å². The fourth-order valence-electron chi connectivity index (χ4n) is 4.22. The molecule has 5 nitrogen and oxygen atoms in total. The van der Waals surface area contributed by atoms with Crippen LogP contribution in [0.2, 0.25) is 0 Å². The molecule has 1 saturated heterocycles. The van der Waals surface area contributed by atoms with Gasteiger partial charge >= 0.3 is 0 Å². The molecule has 5 heteroatoms. The van der Waals surface area contributed by atoms with Gasteiger partial charge in [0.2, 0.25) is 11.8 Å². The van der Waals surface area contributed by atoms with Crippen molar-refractivity contribution in [3.05, 3.63) is 83.9 Å². The highest BCUT2D eigenvalue weighted by Gasteiger charge is 2.35. The zero-order chi connectivity index (χ0) is 22.7. The number of nitrogens with one attached hydrogen (secondary N) is 1. The third-order valence-corrected chi connectivity index (χ3v) is 5.98. The van der Waals surface area contributed by atoms with Crippen molar-refractivity contribution in [3.8, 4) is 0 Å². The van der Waals surface area contributed by atoms with Crippen molar-refractivity contribution in [2.75, 3.05) is 28.2 Å². The topological polar surface area (TPSA) is 52.7 Å². The third kappa shape index (κ3) is 4.52. The summed E-state index contributed by atoms with van der Waals surface area (Å²) in [5.41, 5.74) is 5.97. The number of benzene rings is 3. The first kappa shape index (κ1) is 21.6. The third-order valence-electron chi connectivity index (χ3n) is 5.98. The minimum Gasteiger partial charge on any atom is -0.342 e. The van der Waals surface area contributed by atoms with Gasteiger partial charge in [0.05, 0.1) is 5.92 Å². The molecule has 164 valence electrons. The van der Waals surface area contributed by atoms with E-state index in [0.29, 0.717) is 6.54 Å². The van der Waals surface area contributed by atoms with Crippen molar-refractivity contribution in [2.24, 2.45) is 5.92 Å². The van der Waals surface area contributed by atoms with Crippen LogP contribution in [0.3, 0.4) is 0 Å². The second-order valence-corrected chi connectivity index (χ2v) is 8.31. The van der Waals surface area contributed by atoms with Gasteiger partial charge in [-0.3, -0.25) is 9.59 Å². The van der Waals surface area contributed by atoms with Crippen LogP contribution < -0.4 is 15.1 Å². The molecule has 1 N–H and O–H groups in total. The number of anilines is 4. The number of rotatable bonds is 6. The van der Waals surface area contributed by atoms with Gasteiger partial charge in [-0.2, -0.15) is 0 Å². The minimum atomic E-state index is -0.362. The maximum absolute atomic E-state index is 12.9. The van der Waals surface area contributed by atoms with Crippen LogP contribution in [0.1, 0.15) is 24.5 Å². The van der Waals surface area contributed by atoms with Crippen molar-refractivity contribution < 1.29 is 9.59 Å². The van der Waals surface area contributed by atoms with Crippen LogP contribution >= 0.6 is 0 Å². The Morgan fingerprint density at radius 2 is 1.69 bits per heavy atom. The van der Waals surface area contributed by atoms with E-state index in [1.54, 1.807) is 4.90 Å². The Balaban J connectivity index is 1.43. The lowest BCUT2D eigenvalue weighted by Gasteiger charge is -2.23. The fourth-order valence-corrected chi connectivity index (χ4v) is 4.22. The molecule has 32 heavy (non-hydrogen) atoms. The van der Waals surface area contributed by atoms with E-state index in [2.05, 4.69) is 29.3 Å². The molecule has 4 rings (SSSR count). The molecule has 0 aromatic heterocycles. The Kier molecular flexibility index (Phi) is 6.26. The predicted octanol–water partition coefficient (Wildman–Crippen LogP) is 5.45. The van der Waals surface area contributed by atoms with Crippen LogP contribution in [-0.2, 0) is 9.59 Å². The molecule has 0 radical (unpaired) electrons. The Labute approximate surface area is 189 Å². The Hall–Kier alpha value is -3.60. The number of para-hydroxylation sites is 1. The molecule has 1 aliphatic rings. The van der Waals surface area contributed by atoms with E-state index < -0.39 is 0 Å². The lowest BCUT2D eigenvalue weighted by atomic mass is 10.1. The molecule has 0 spiro atoms. The minimum absolute atomic E-state index is 0.00403. The molecular weight excluding hydrogens is 398 g/mol. The van der Waals surface area contributed by atoms with E-state index in [0.717, 1.165) is 40.4 Å². The summed E-state index contributed by atoms with van der Waals surface area (Å²) in [6, 6.07) is 24.1. The normalized spacial score (nSPS) is 15.7. The molecule has 3 aromatic carbocycles. The van der Waals surface area contributed by atoms with Gasteiger partial charge in [-0.05, 0) is 74.4 Å². The Morgan fingerprint density at radius 1 is 1.00 bits per heavy atom. The first-order chi connectivity index (χ1) is 15.5. The second-order valence-electron chi connectivity index (χ2n) is 8.31. The highest BCUT2D eigenvalue weighted by molar-refractivity contribution is 6.04. The molecular formula is C27H29N3O2. The summed E-state index contributed by atoms with van der Waals surface area (Å²) < 4.78 is 0. The van der Waals surface area contributed by atoms with Crippen LogP contribution in [0.5, 0.6) is 0 Å². The van der Waals surface area contributed by atoms with E-state index in [1.807, 2.05) is 74.5 Å². The molecule has 0 aliphatic carbocycles. The first-order valence-electron chi connectivity index (χ1n) is 11.1. The zero-order valence-corrected chi connectivity index (χ0v) is 18.8. The molecule has 0 bridgehead atoms. The van der Waals surface area contributed by atoms with E-state index in [-0.39, 0.29) is 24.2 Å². The van der Waals surface area contributed by atoms with E-state index >= 15 is 0 Å². The second kappa shape index (κ2) is 9.27. The van der Waals surface area contributed by atoms with Crippen LogP contribution in [0.25, 0.3) is 0 Å². The van der Waals surface area contributed by atoms with Crippen molar-refractivity contribution in [1.29, 1.82) is 0 Å². The quantitative estimate of drug-likeness (QED) is 0.569. The van der Waals surface area contributed by atoms with Crippen molar-refractivity contribution >= 4 is 34.6 Å². The van der Waals surface area contributed by atoms with Crippen LogP contribution in [0.15, 0.2) is 72.8 Å². The number of hydrogen-bond donors (Lipinski definition) is 1. The van der Waals surface area contributed by atoms with E-state index in [9.17, 15) is 9.59 Å². The standard InChI is InChI=1S/C27H29N3O2/c1-4-29(23-8-6-5-7-9-23)24-14-12-22(13-15-24)28-27(32)21-17-26(31)30(18-21)25-16-19(2)10-11-20(25)3/h5-16,21H,4,17-18H2,1-3H3,(H,28,32). The molecule has 1 unspecified atom stereocenters. The van der Waals surface area contributed by atoms with Crippen molar-refractivity contribution in [1.82, 2.24) is 0 Å². The number of carbonyl (C=O) groups excluding carboxylic acids is 2. The average molecular weight is 428 g/mol. The molecule has 1 aliphatic heterocycles. The van der Waals surface area contributed by atoms with Crippen LogP contribution in [0.4, 0.5) is 22.7 Å². The van der Waals surface area contributed by atoms with Gasteiger partial charge in [0.25, 0.3) is 0 Å². The average Bonchev–Trinajstić information content (AvgIpc) is 3.19. The maximum atomic E-state index is 12.9. The van der Waals surface area contributed by atoms with Crippen LogP contribution in [0, 0.1) is 19.8 Å². The zero-order valence-electron chi connectivity index (χ0n) is 18.8. The predicted molar refractivity (Wildman–Crippen MR) is 131 cm³/mol. The van der Waals surface area contributed by atoms with Crippen molar-refractivity contribution in [3.63, 3.8) is 0 Å². The van der Waals surface area contributed by atoms with Gasteiger partial charge in [0, 0.05) is 42.3 Å². The van der Waals surface area contributed by atoms with E-state index in [1.165, 1.54) is 0 Å². The first-order valence-corrected chi connectivity index (χ1v) is 11.1. The van der Waals surface area contributed by atoms with E-state index in [4.69, 9.17) is 0 Å². The highest BCUT2D eigenvalue weighted by Crippen LogP contribution is 2.30. The highest BCUT2D eigenvalue weighted by atomic mass is 16.2. The molecule has 1 fully saturated rings. The largest absolute Gasteiger partial charge is 0.342 e. The summed E-state index contributed by atoms with van der Waals surface area (Å²) in [7, 11) is 0. The lowest BCUT2D eigenvalue weighted by Crippen LogP contribution is -2.28. The summed E-state index contributed by atoms with van der Waals surface area (Å²) in [4.78, 5) is 29.5. The monoisotopic (exact) mass is 427 g/mol.